The molecule has 0 radical (unpaired) electrons. The van der Waals surface area contributed by atoms with Crippen molar-refractivity contribution >= 4 is 11.7 Å². The summed E-state index contributed by atoms with van der Waals surface area (Å²) < 4.78 is 0. The highest BCUT2D eigenvalue weighted by atomic mass is 16.4. The normalized spacial score (nSPS) is 19.4. The highest BCUT2D eigenvalue weighted by molar-refractivity contribution is 5.93. The molecule has 3 rings (SSSR count). The molecule has 0 atom stereocenters. The third-order valence-electron chi connectivity index (χ3n) is 6.34. The lowest BCUT2D eigenvalue weighted by Crippen LogP contribution is -2.42. The molecule has 1 aromatic heterocycles. The smallest absolute Gasteiger partial charge is 0.336 e. The van der Waals surface area contributed by atoms with Gasteiger partial charge in [0.1, 0.15) is 0 Å². The van der Waals surface area contributed by atoms with Crippen LogP contribution in [0.2, 0.25) is 0 Å². The van der Waals surface area contributed by atoms with E-state index >= 15 is 0 Å². The highest BCUT2D eigenvalue weighted by Gasteiger charge is 2.28. The molecule has 1 N–H and O–H groups in total. The Morgan fingerprint density at radius 3 is 2.24 bits per heavy atom. The Bertz CT molecular complexity index is 853. The second-order valence-electron chi connectivity index (χ2n) is 8.37. The summed E-state index contributed by atoms with van der Waals surface area (Å²) in [7, 11) is 4.32. The van der Waals surface area contributed by atoms with Crippen molar-refractivity contribution in [2.75, 3.05) is 25.5 Å². The molecular weight excluding hydrogens is 362 g/mol. The molecule has 0 unspecified atom stereocenters. The molecule has 5 heteroatoms. The second-order valence-corrected chi connectivity index (χ2v) is 8.37. The van der Waals surface area contributed by atoms with Crippen molar-refractivity contribution < 1.29 is 9.90 Å². The van der Waals surface area contributed by atoms with Crippen LogP contribution < -0.4 is 4.90 Å². The van der Waals surface area contributed by atoms with Gasteiger partial charge in [0.05, 0.1) is 5.56 Å². The van der Waals surface area contributed by atoms with E-state index in [4.69, 9.17) is 0 Å². The van der Waals surface area contributed by atoms with Crippen molar-refractivity contribution in [3.05, 3.63) is 47.3 Å². The third kappa shape index (κ3) is 4.61. The van der Waals surface area contributed by atoms with Crippen molar-refractivity contribution in [1.82, 2.24) is 9.88 Å². The first-order chi connectivity index (χ1) is 13.8. The first-order valence-electron chi connectivity index (χ1n) is 10.6. The Morgan fingerprint density at radius 1 is 1.07 bits per heavy atom. The van der Waals surface area contributed by atoms with Crippen LogP contribution in [-0.4, -0.2) is 53.7 Å². The Hall–Kier alpha value is -2.40. The zero-order valence-corrected chi connectivity index (χ0v) is 18.3. The van der Waals surface area contributed by atoms with E-state index in [9.17, 15) is 9.90 Å². The van der Waals surface area contributed by atoms with Crippen LogP contribution in [0.15, 0.2) is 30.5 Å². The Kier molecular flexibility index (Phi) is 6.58. The van der Waals surface area contributed by atoms with Gasteiger partial charge in [0.25, 0.3) is 0 Å². The number of nitrogens with zero attached hydrogens (tertiary/aromatic N) is 3. The van der Waals surface area contributed by atoms with E-state index < -0.39 is 5.97 Å². The van der Waals surface area contributed by atoms with Crippen molar-refractivity contribution in [1.29, 1.82) is 0 Å². The average molecular weight is 396 g/mol. The molecule has 1 aliphatic rings. The standard InChI is InChI=1S/C24H33N3O2/c1-6-27(21-11-9-20(10-12-21)26(4)5)23-14-19(13-22(17(23)3)24(28)29)18-8-7-16(2)25-15-18/h7-8,13-15,20-21H,6,9-12H2,1-5H3,(H,28,29). The number of benzene rings is 1. The predicted molar refractivity (Wildman–Crippen MR) is 119 cm³/mol. The minimum atomic E-state index is -0.877. The fourth-order valence-electron chi connectivity index (χ4n) is 4.54. The van der Waals surface area contributed by atoms with Gasteiger partial charge in [0.15, 0.2) is 0 Å². The van der Waals surface area contributed by atoms with Crippen LogP contribution >= 0.6 is 0 Å². The van der Waals surface area contributed by atoms with Gasteiger partial charge in [-0.05, 0) is 89.9 Å². The van der Waals surface area contributed by atoms with Gasteiger partial charge in [-0.3, -0.25) is 4.98 Å². The van der Waals surface area contributed by atoms with Gasteiger partial charge < -0.3 is 14.9 Å². The SMILES string of the molecule is CCN(c1cc(-c2ccc(C)nc2)cc(C(=O)O)c1C)C1CCC(N(C)C)CC1. The molecule has 1 saturated carbocycles. The van der Waals surface area contributed by atoms with E-state index in [0.717, 1.165) is 47.5 Å². The van der Waals surface area contributed by atoms with Gasteiger partial charge in [-0.2, -0.15) is 0 Å². The van der Waals surface area contributed by atoms with Crippen LogP contribution in [0.25, 0.3) is 11.1 Å². The summed E-state index contributed by atoms with van der Waals surface area (Å²) in [4.78, 5) is 21.1. The zero-order valence-electron chi connectivity index (χ0n) is 18.3. The van der Waals surface area contributed by atoms with Crippen LogP contribution in [0.5, 0.6) is 0 Å². The summed E-state index contributed by atoms with van der Waals surface area (Å²) in [6.45, 7) is 6.92. The van der Waals surface area contributed by atoms with Gasteiger partial charge >= 0.3 is 5.97 Å². The quantitative estimate of drug-likeness (QED) is 0.764. The molecule has 1 fully saturated rings. The Morgan fingerprint density at radius 2 is 1.72 bits per heavy atom. The van der Waals surface area contributed by atoms with Gasteiger partial charge in [0, 0.05) is 41.8 Å². The molecule has 2 aromatic rings. The van der Waals surface area contributed by atoms with Crippen molar-refractivity contribution in [2.24, 2.45) is 0 Å². The number of hydrogen-bond acceptors (Lipinski definition) is 4. The number of aromatic carboxylic acids is 1. The number of carbonyl (C=O) groups is 1. The van der Waals surface area contributed by atoms with Crippen molar-refractivity contribution in [3.63, 3.8) is 0 Å². The number of hydrogen-bond donors (Lipinski definition) is 1. The first-order valence-corrected chi connectivity index (χ1v) is 10.6. The van der Waals surface area contributed by atoms with Crippen LogP contribution in [-0.2, 0) is 0 Å². The van der Waals surface area contributed by atoms with E-state index in [1.807, 2.05) is 32.2 Å². The van der Waals surface area contributed by atoms with E-state index in [1.165, 1.54) is 12.8 Å². The maximum Gasteiger partial charge on any atom is 0.336 e. The number of aromatic nitrogens is 1. The summed E-state index contributed by atoms with van der Waals surface area (Å²) in [5.74, 6) is -0.877. The third-order valence-corrected chi connectivity index (χ3v) is 6.34. The van der Waals surface area contributed by atoms with E-state index in [2.05, 4.69) is 41.9 Å². The fraction of sp³-hybridized carbons (Fsp3) is 0.500. The molecule has 0 aliphatic heterocycles. The Balaban J connectivity index is 2.00. The lowest BCUT2D eigenvalue weighted by atomic mass is 9.88. The number of aryl methyl sites for hydroxylation is 1. The van der Waals surface area contributed by atoms with Crippen LogP contribution in [0.3, 0.4) is 0 Å². The molecule has 1 aliphatic carbocycles. The summed E-state index contributed by atoms with van der Waals surface area (Å²) in [5.41, 5.74) is 5.07. The molecule has 0 amide bonds. The second kappa shape index (κ2) is 8.95. The topological polar surface area (TPSA) is 56.7 Å². The number of anilines is 1. The van der Waals surface area contributed by atoms with Crippen LogP contribution in [0, 0.1) is 13.8 Å². The van der Waals surface area contributed by atoms with E-state index in [-0.39, 0.29) is 0 Å². The minimum absolute atomic E-state index is 0.374. The highest BCUT2D eigenvalue weighted by Crippen LogP contribution is 2.35. The number of carboxylic acids is 1. The first kappa shape index (κ1) is 21.3. The molecule has 0 saturated heterocycles. The lowest BCUT2D eigenvalue weighted by Gasteiger charge is -2.40. The minimum Gasteiger partial charge on any atom is -0.478 e. The molecular formula is C24H33N3O2. The van der Waals surface area contributed by atoms with E-state index in [0.29, 0.717) is 17.6 Å². The summed E-state index contributed by atoms with van der Waals surface area (Å²) in [6, 6.07) is 9.00. The monoisotopic (exact) mass is 395 g/mol. The number of pyridine rings is 1. The van der Waals surface area contributed by atoms with Crippen molar-refractivity contribution in [2.45, 2.75) is 58.5 Å². The molecule has 5 nitrogen and oxygen atoms in total. The summed E-state index contributed by atoms with van der Waals surface area (Å²) in [6.07, 6.45) is 6.46. The lowest BCUT2D eigenvalue weighted by molar-refractivity contribution is 0.0696. The van der Waals surface area contributed by atoms with Crippen LogP contribution in [0.4, 0.5) is 5.69 Å². The zero-order chi connectivity index (χ0) is 21.1. The maximum absolute atomic E-state index is 12.0. The molecule has 29 heavy (non-hydrogen) atoms. The maximum atomic E-state index is 12.0. The van der Waals surface area contributed by atoms with Crippen LogP contribution in [0.1, 0.15) is 54.2 Å². The average Bonchev–Trinajstić information content (AvgIpc) is 2.70. The molecule has 1 heterocycles. The fourth-order valence-corrected chi connectivity index (χ4v) is 4.54. The van der Waals surface area contributed by atoms with Crippen molar-refractivity contribution in [3.8, 4) is 11.1 Å². The molecule has 0 bridgehead atoms. The molecule has 156 valence electrons. The van der Waals surface area contributed by atoms with Gasteiger partial charge in [-0.15, -0.1) is 0 Å². The molecule has 0 spiro atoms. The largest absolute Gasteiger partial charge is 0.478 e. The van der Waals surface area contributed by atoms with Gasteiger partial charge in [-0.1, -0.05) is 6.07 Å². The number of carboxylic acid groups (broad SMARTS) is 1. The van der Waals surface area contributed by atoms with E-state index in [1.54, 1.807) is 6.07 Å². The van der Waals surface area contributed by atoms with Gasteiger partial charge in [-0.25, -0.2) is 4.79 Å². The predicted octanol–water partition coefficient (Wildman–Crippen LogP) is 4.76. The molecule has 1 aromatic carbocycles. The number of rotatable bonds is 6. The summed E-state index contributed by atoms with van der Waals surface area (Å²) in [5, 5.41) is 9.83. The summed E-state index contributed by atoms with van der Waals surface area (Å²) >= 11 is 0. The van der Waals surface area contributed by atoms with Gasteiger partial charge in [0.2, 0.25) is 0 Å². The Labute approximate surface area is 174 Å².